The van der Waals surface area contributed by atoms with Gasteiger partial charge in [-0.15, -0.1) is 0 Å². The first-order valence-electron chi connectivity index (χ1n) is 6.19. The Bertz CT molecular complexity index is 130. The molecular formula is C12H26O4. The molecule has 1 N–H and O–H groups in total. The van der Waals surface area contributed by atoms with Crippen molar-refractivity contribution < 1.29 is 19.3 Å². The van der Waals surface area contributed by atoms with Gasteiger partial charge in [-0.2, -0.15) is 0 Å². The molecule has 0 bridgehead atoms. The third-order valence-corrected chi connectivity index (χ3v) is 2.20. The maximum atomic E-state index is 8.45. The summed E-state index contributed by atoms with van der Waals surface area (Å²) in [6.07, 6.45) is 3.88. The Labute approximate surface area is 98.9 Å². The number of hydrogen-bond acceptors (Lipinski definition) is 4. The van der Waals surface area contributed by atoms with Crippen molar-refractivity contribution >= 4 is 0 Å². The zero-order valence-electron chi connectivity index (χ0n) is 10.6. The van der Waals surface area contributed by atoms with Gasteiger partial charge in [-0.05, 0) is 13.3 Å². The number of hydrogen-bond donors (Lipinski definition) is 1. The zero-order valence-corrected chi connectivity index (χ0v) is 10.6. The van der Waals surface area contributed by atoms with Gasteiger partial charge >= 0.3 is 0 Å². The molecule has 0 fully saturated rings. The highest BCUT2D eigenvalue weighted by molar-refractivity contribution is 4.49. The first kappa shape index (κ1) is 15.8. The second-order valence-corrected chi connectivity index (χ2v) is 3.77. The summed E-state index contributed by atoms with van der Waals surface area (Å²) in [4.78, 5) is 0. The topological polar surface area (TPSA) is 47.9 Å². The summed E-state index contributed by atoms with van der Waals surface area (Å²) < 4.78 is 15.9. The number of unbranched alkanes of at least 4 members (excludes halogenated alkanes) is 1. The lowest BCUT2D eigenvalue weighted by molar-refractivity contribution is -0.0120. The van der Waals surface area contributed by atoms with Gasteiger partial charge in [-0.1, -0.05) is 19.8 Å². The van der Waals surface area contributed by atoms with Gasteiger partial charge in [0.1, 0.15) is 0 Å². The fourth-order valence-electron chi connectivity index (χ4n) is 1.27. The van der Waals surface area contributed by atoms with Gasteiger partial charge in [-0.3, -0.25) is 0 Å². The summed E-state index contributed by atoms with van der Waals surface area (Å²) in [6.45, 7) is 7.08. The van der Waals surface area contributed by atoms with Gasteiger partial charge in [0.05, 0.1) is 45.7 Å². The van der Waals surface area contributed by atoms with Crippen LogP contribution in [-0.2, 0) is 14.2 Å². The molecule has 0 saturated carbocycles. The van der Waals surface area contributed by atoms with Crippen LogP contribution in [0, 0.1) is 0 Å². The van der Waals surface area contributed by atoms with E-state index in [2.05, 4.69) is 13.8 Å². The summed E-state index contributed by atoms with van der Waals surface area (Å²) in [6, 6.07) is 0. The Hall–Kier alpha value is -0.160. The van der Waals surface area contributed by atoms with Crippen LogP contribution in [0.3, 0.4) is 0 Å². The molecule has 1 atom stereocenters. The summed E-state index contributed by atoms with van der Waals surface area (Å²) in [5.74, 6) is 0. The van der Waals surface area contributed by atoms with Crippen molar-refractivity contribution in [3.05, 3.63) is 0 Å². The monoisotopic (exact) mass is 234 g/mol. The van der Waals surface area contributed by atoms with Gasteiger partial charge in [0, 0.05) is 0 Å². The van der Waals surface area contributed by atoms with E-state index in [9.17, 15) is 0 Å². The van der Waals surface area contributed by atoms with Crippen LogP contribution in [0.1, 0.15) is 33.1 Å². The Morgan fingerprint density at radius 1 is 1.00 bits per heavy atom. The summed E-state index contributed by atoms with van der Waals surface area (Å²) >= 11 is 0. The lowest BCUT2D eigenvalue weighted by atomic mass is 10.2. The molecular weight excluding hydrogens is 208 g/mol. The summed E-state index contributed by atoms with van der Waals surface area (Å²) in [5.41, 5.74) is 0. The Kier molecular flexibility index (Phi) is 12.8. The third kappa shape index (κ3) is 11.9. The minimum absolute atomic E-state index is 0.0675. The van der Waals surface area contributed by atoms with E-state index in [1.807, 2.05) is 0 Å². The molecule has 0 radical (unpaired) electrons. The van der Waals surface area contributed by atoms with Crippen molar-refractivity contribution in [3.63, 3.8) is 0 Å². The van der Waals surface area contributed by atoms with Crippen LogP contribution in [0.5, 0.6) is 0 Å². The molecule has 0 aromatic carbocycles. The molecule has 0 aliphatic rings. The van der Waals surface area contributed by atoms with Crippen molar-refractivity contribution in [2.24, 2.45) is 0 Å². The molecule has 0 aromatic rings. The number of aliphatic hydroxyl groups is 1. The zero-order chi connectivity index (χ0) is 12.1. The molecule has 0 aromatic heterocycles. The van der Waals surface area contributed by atoms with Gasteiger partial charge in [0.2, 0.25) is 0 Å². The van der Waals surface area contributed by atoms with Gasteiger partial charge in [0.15, 0.2) is 0 Å². The Morgan fingerprint density at radius 3 is 2.25 bits per heavy atom. The highest BCUT2D eigenvalue weighted by atomic mass is 16.5. The molecule has 0 aliphatic heterocycles. The largest absolute Gasteiger partial charge is 0.394 e. The lowest BCUT2D eigenvalue weighted by Gasteiger charge is -2.12. The molecule has 0 saturated heterocycles. The summed E-state index contributed by atoms with van der Waals surface area (Å²) in [7, 11) is 0. The van der Waals surface area contributed by atoms with E-state index < -0.39 is 0 Å². The average Bonchev–Trinajstić information content (AvgIpc) is 2.30. The first-order valence-corrected chi connectivity index (χ1v) is 6.19. The number of aliphatic hydroxyl groups excluding tert-OH is 1. The van der Waals surface area contributed by atoms with E-state index in [4.69, 9.17) is 19.3 Å². The van der Waals surface area contributed by atoms with E-state index >= 15 is 0 Å². The van der Waals surface area contributed by atoms with E-state index in [-0.39, 0.29) is 6.61 Å². The minimum atomic E-state index is 0.0675. The molecule has 16 heavy (non-hydrogen) atoms. The molecule has 98 valence electrons. The molecule has 4 nitrogen and oxygen atoms in total. The SMILES string of the molecule is CCCCC(C)OCCOCCOCCO. The van der Waals surface area contributed by atoms with Crippen LogP contribution in [-0.4, -0.2) is 50.9 Å². The van der Waals surface area contributed by atoms with E-state index in [0.29, 0.717) is 39.1 Å². The molecule has 1 unspecified atom stereocenters. The third-order valence-electron chi connectivity index (χ3n) is 2.20. The fraction of sp³-hybridized carbons (Fsp3) is 1.00. The van der Waals surface area contributed by atoms with Crippen molar-refractivity contribution in [3.8, 4) is 0 Å². The van der Waals surface area contributed by atoms with Crippen LogP contribution < -0.4 is 0 Å². The van der Waals surface area contributed by atoms with Gasteiger partial charge < -0.3 is 19.3 Å². The molecule has 0 spiro atoms. The second kappa shape index (κ2) is 12.9. The maximum absolute atomic E-state index is 8.45. The molecule has 0 heterocycles. The fourth-order valence-corrected chi connectivity index (χ4v) is 1.27. The molecule has 4 heteroatoms. The first-order chi connectivity index (χ1) is 7.81. The normalized spacial score (nSPS) is 12.9. The van der Waals surface area contributed by atoms with Gasteiger partial charge in [0.25, 0.3) is 0 Å². The van der Waals surface area contributed by atoms with Crippen LogP contribution in [0.4, 0.5) is 0 Å². The van der Waals surface area contributed by atoms with Crippen LogP contribution in [0.15, 0.2) is 0 Å². The van der Waals surface area contributed by atoms with Crippen molar-refractivity contribution in [1.82, 2.24) is 0 Å². The van der Waals surface area contributed by atoms with Crippen LogP contribution in [0.25, 0.3) is 0 Å². The van der Waals surface area contributed by atoms with Crippen molar-refractivity contribution in [2.45, 2.75) is 39.2 Å². The van der Waals surface area contributed by atoms with E-state index in [1.54, 1.807) is 0 Å². The minimum Gasteiger partial charge on any atom is -0.394 e. The van der Waals surface area contributed by atoms with Crippen LogP contribution in [0.2, 0.25) is 0 Å². The average molecular weight is 234 g/mol. The van der Waals surface area contributed by atoms with Crippen molar-refractivity contribution in [2.75, 3.05) is 39.6 Å². The summed E-state index contributed by atoms with van der Waals surface area (Å²) in [5, 5.41) is 8.45. The number of ether oxygens (including phenoxy) is 3. The van der Waals surface area contributed by atoms with Crippen molar-refractivity contribution in [1.29, 1.82) is 0 Å². The highest BCUT2D eigenvalue weighted by Crippen LogP contribution is 2.03. The lowest BCUT2D eigenvalue weighted by Crippen LogP contribution is -2.14. The Balaban J connectivity index is 3.02. The van der Waals surface area contributed by atoms with Gasteiger partial charge in [-0.25, -0.2) is 0 Å². The predicted molar refractivity (Wildman–Crippen MR) is 63.7 cm³/mol. The highest BCUT2D eigenvalue weighted by Gasteiger charge is 2.00. The van der Waals surface area contributed by atoms with E-state index in [1.165, 1.54) is 12.8 Å². The Morgan fingerprint density at radius 2 is 1.62 bits per heavy atom. The van der Waals surface area contributed by atoms with E-state index in [0.717, 1.165) is 6.42 Å². The number of rotatable bonds is 12. The quantitative estimate of drug-likeness (QED) is 0.521. The molecule has 0 aliphatic carbocycles. The smallest absolute Gasteiger partial charge is 0.0704 e. The standard InChI is InChI=1S/C12H26O4/c1-3-4-5-12(2)16-11-10-15-9-8-14-7-6-13/h12-13H,3-11H2,1-2H3. The molecule has 0 rings (SSSR count). The maximum Gasteiger partial charge on any atom is 0.0704 e. The predicted octanol–water partition coefficient (Wildman–Crippen LogP) is 1.61. The van der Waals surface area contributed by atoms with Crippen LogP contribution >= 0.6 is 0 Å². The second-order valence-electron chi connectivity index (χ2n) is 3.77. The molecule has 0 amide bonds.